The standard InChI is InChI=1S/C32H62NO3S.BrH/c1-3-5-6-7-8-9-10-11-12-13-14-16-19-22-26-34-29-32(36-4-2)30-35-27-23-20-17-15-18-21-24-33-25-28-37-31-33;/h25,28,31-32H,3-24,26-27,29-30H2,1-2H3;1H/q+1;/p-1. The van der Waals surface area contributed by atoms with E-state index in [2.05, 4.69) is 35.5 Å². The number of halogens is 1. The van der Waals surface area contributed by atoms with Crippen molar-refractivity contribution in [3.05, 3.63) is 17.1 Å². The highest BCUT2D eigenvalue weighted by molar-refractivity contribution is 7.07. The second-order valence-corrected chi connectivity index (χ2v) is 11.5. The lowest BCUT2D eigenvalue weighted by Crippen LogP contribution is -3.00. The zero-order chi connectivity index (χ0) is 26.5. The molecule has 6 heteroatoms. The number of hydrogen-bond donors (Lipinski definition) is 0. The molecular formula is C32H62BrNO3S. The molecule has 38 heavy (non-hydrogen) atoms. The predicted molar refractivity (Wildman–Crippen MR) is 160 cm³/mol. The molecule has 1 heterocycles. The minimum atomic E-state index is 0. The van der Waals surface area contributed by atoms with Crippen LogP contribution in [0.3, 0.4) is 0 Å². The number of rotatable bonds is 30. The molecule has 1 aromatic heterocycles. The van der Waals surface area contributed by atoms with E-state index in [1.807, 2.05) is 0 Å². The van der Waals surface area contributed by atoms with Gasteiger partial charge in [-0.15, -0.1) is 0 Å². The SMILES string of the molecule is CCCCCCCCCCCCCCCCOCC(COCCCCCCCC[n+]1ccsc1)OCC.[Br-]. The Bertz CT molecular complexity index is 547. The maximum absolute atomic E-state index is 5.91. The average Bonchev–Trinajstić information content (AvgIpc) is 3.43. The summed E-state index contributed by atoms with van der Waals surface area (Å²) in [6, 6.07) is 0. The highest BCUT2D eigenvalue weighted by Gasteiger charge is 2.09. The summed E-state index contributed by atoms with van der Waals surface area (Å²) in [5.74, 6) is 0. The first-order chi connectivity index (χ1) is 18.4. The van der Waals surface area contributed by atoms with Crippen LogP contribution < -0.4 is 21.5 Å². The van der Waals surface area contributed by atoms with Gasteiger partial charge < -0.3 is 31.2 Å². The third-order valence-corrected chi connectivity index (χ3v) is 7.81. The molecule has 0 N–H and O–H groups in total. The van der Waals surface area contributed by atoms with Crippen molar-refractivity contribution >= 4 is 11.3 Å². The normalized spacial score (nSPS) is 12.1. The van der Waals surface area contributed by atoms with E-state index < -0.39 is 0 Å². The Hall–Kier alpha value is -0.0100. The van der Waals surface area contributed by atoms with E-state index in [0.717, 1.165) is 32.8 Å². The Kier molecular flexibility index (Phi) is 31.5. The van der Waals surface area contributed by atoms with E-state index in [1.54, 1.807) is 11.3 Å². The van der Waals surface area contributed by atoms with Crippen LogP contribution in [-0.4, -0.2) is 39.1 Å². The van der Waals surface area contributed by atoms with Gasteiger partial charge in [0.1, 0.15) is 12.6 Å². The fourth-order valence-corrected chi connectivity index (χ4v) is 5.43. The molecule has 0 aliphatic rings. The number of aromatic nitrogens is 1. The summed E-state index contributed by atoms with van der Waals surface area (Å²) in [5.41, 5.74) is 2.19. The summed E-state index contributed by atoms with van der Waals surface area (Å²) in [7, 11) is 0. The lowest BCUT2D eigenvalue weighted by Gasteiger charge is -2.17. The number of ether oxygens (including phenoxy) is 3. The zero-order valence-electron chi connectivity index (χ0n) is 25.2. The molecule has 0 saturated carbocycles. The smallest absolute Gasteiger partial charge is 0.224 e. The van der Waals surface area contributed by atoms with E-state index in [4.69, 9.17) is 14.2 Å². The Morgan fingerprint density at radius 2 is 1.05 bits per heavy atom. The first-order valence-electron chi connectivity index (χ1n) is 16.0. The van der Waals surface area contributed by atoms with Gasteiger partial charge in [-0.3, -0.25) is 0 Å². The average molecular weight is 621 g/mol. The van der Waals surface area contributed by atoms with Crippen molar-refractivity contribution in [1.29, 1.82) is 0 Å². The summed E-state index contributed by atoms with van der Waals surface area (Å²) >= 11 is 1.77. The summed E-state index contributed by atoms with van der Waals surface area (Å²) in [6.07, 6.45) is 29.4. The van der Waals surface area contributed by atoms with Crippen molar-refractivity contribution in [2.75, 3.05) is 33.0 Å². The number of thiazole rings is 1. The van der Waals surface area contributed by atoms with Crippen molar-refractivity contribution in [2.24, 2.45) is 0 Å². The summed E-state index contributed by atoms with van der Waals surface area (Å²) in [4.78, 5) is 0. The zero-order valence-corrected chi connectivity index (χ0v) is 27.6. The van der Waals surface area contributed by atoms with Gasteiger partial charge in [-0.25, -0.2) is 0 Å². The fourth-order valence-electron chi connectivity index (χ4n) is 4.80. The van der Waals surface area contributed by atoms with Crippen LogP contribution in [0.15, 0.2) is 17.1 Å². The van der Waals surface area contributed by atoms with Gasteiger partial charge >= 0.3 is 0 Å². The van der Waals surface area contributed by atoms with Crippen LogP contribution in [0.5, 0.6) is 0 Å². The molecule has 0 bridgehead atoms. The van der Waals surface area contributed by atoms with E-state index in [9.17, 15) is 0 Å². The molecule has 0 radical (unpaired) electrons. The van der Waals surface area contributed by atoms with Crippen molar-refractivity contribution in [2.45, 2.75) is 155 Å². The molecule has 0 aliphatic heterocycles. The molecule has 1 atom stereocenters. The molecule has 0 amide bonds. The minimum absolute atomic E-state index is 0. The van der Waals surface area contributed by atoms with Crippen LogP contribution in [0, 0.1) is 0 Å². The highest BCUT2D eigenvalue weighted by Crippen LogP contribution is 2.13. The quantitative estimate of drug-likeness (QED) is 0.0748. The maximum atomic E-state index is 5.91. The van der Waals surface area contributed by atoms with E-state index in [1.165, 1.54) is 122 Å². The van der Waals surface area contributed by atoms with Crippen molar-refractivity contribution in [3.8, 4) is 0 Å². The van der Waals surface area contributed by atoms with Crippen LogP contribution in [0.2, 0.25) is 0 Å². The second-order valence-electron chi connectivity index (χ2n) is 10.7. The van der Waals surface area contributed by atoms with Gasteiger partial charge in [-0.1, -0.05) is 121 Å². The molecular weight excluding hydrogens is 558 g/mol. The maximum Gasteiger partial charge on any atom is 0.224 e. The number of hydrogen-bond acceptors (Lipinski definition) is 4. The molecule has 0 saturated heterocycles. The van der Waals surface area contributed by atoms with Gasteiger partial charge in [0.15, 0.2) is 6.20 Å². The van der Waals surface area contributed by atoms with Gasteiger partial charge in [0.05, 0.1) is 18.6 Å². The van der Waals surface area contributed by atoms with Gasteiger partial charge in [-0.05, 0) is 26.2 Å². The molecule has 0 spiro atoms. The first kappa shape index (κ1) is 38.0. The second kappa shape index (κ2) is 31.5. The molecule has 0 fully saturated rings. The van der Waals surface area contributed by atoms with Gasteiger partial charge in [0.25, 0.3) is 0 Å². The lowest BCUT2D eigenvalue weighted by molar-refractivity contribution is -0.692. The topological polar surface area (TPSA) is 31.6 Å². The largest absolute Gasteiger partial charge is 1.00 e. The third-order valence-electron chi connectivity index (χ3n) is 7.13. The van der Waals surface area contributed by atoms with E-state index in [-0.39, 0.29) is 23.1 Å². The Labute approximate surface area is 251 Å². The lowest BCUT2D eigenvalue weighted by atomic mass is 10.0. The van der Waals surface area contributed by atoms with Crippen LogP contribution in [0.1, 0.15) is 142 Å². The van der Waals surface area contributed by atoms with Gasteiger partial charge in [-0.2, -0.15) is 4.57 Å². The molecule has 0 aromatic carbocycles. The monoisotopic (exact) mass is 619 g/mol. The molecule has 1 rings (SSSR count). The van der Waals surface area contributed by atoms with E-state index >= 15 is 0 Å². The highest BCUT2D eigenvalue weighted by atomic mass is 79.9. The number of unbranched alkanes of at least 4 members (excludes halogenated alkanes) is 18. The first-order valence-corrected chi connectivity index (χ1v) is 17.0. The number of nitrogens with zero attached hydrogens (tertiary/aromatic N) is 1. The summed E-state index contributed by atoms with van der Waals surface area (Å²) in [6.45, 7) is 9.24. The Morgan fingerprint density at radius 3 is 1.47 bits per heavy atom. The molecule has 4 nitrogen and oxygen atoms in total. The fraction of sp³-hybridized carbons (Fsp3) is 0.906. The minimum Gasteiger partial charge on any atom is -1.00 e. The van der Waals surface area contributed by atoms with E-state index in [0.29, 0.717) is 13.2 Å². The molecule has 1 unspecified atom stereocenters. The molecule has 226 valence electrons. The van der Waals surface area contributed by atoms with Crippen LogP contribution >= 0.6 is 11.3 Å². The van der Waals surface area contributed by atoms with Gasteiger partial charge in [0.2, 0.25) is 5.51 Å². The summed E-state index contributed by atoms with van der Waals surface area (Å²) in [5, 5.41) is 2.14. The predicted octanol–water partition coefficient (Wildman–Crippen LogP) is 6.30. The van der Waals surface area contributed by atoms with Crippen LogP contribution in [0.25, 0.3) is 0 Å². The van der Waals surface area contributed by atoms with Gasteiger partial charge in [0, 0.05) is 26.2 Å². The number of aryl methyl sites for hydroxylation is 1. The molecule has 0 aliphatic carbocycles. The Balaban J connectivity index is 0.0000137. The third kappa shape index (κ3) is 26.2. The Morgan fingerprint density at radius 1 is 0.605 bits per heavy atom. The van der Waals surface area contributed by atoms with Crippen molar-refractivity contribution < 1.29 is 35.8 Å². The molecule has 1 aromatic rings. The van der Waals surface area contributed by atoms with Crippen molar-refractivity contribution in [1.82, 2.24) is 0 Å². The van der Waals surface area contributed by atoms with Crippen LogP contribution in [-0.2, 0) is 20.8 Å². The summed E-state index contributed by atoms with van der Waals surface area (Å²) < 4.78 is 19.9. The van der Waals surface area contributed by atoms with Crippen LogP contribution in [0.4, 0.5) is 0 Å². The van der Waals surface area contributed by atoms with Crippen molar-refractivity contribution in [3.63, 3.8) is 0 Å².